The number of hydrogen-bond donors (Lipinski definition) is 2. The number of methoxy groups -OCH3 is 1. The van der Waals surface area contributed by atoms with Crippen molar-refractivity contribution in [2.75, 3.05) is 25.2 Å². The van der Waals surface area contributed by atoms with Gasteiger partial charge in [0.25, 0.3) is 0 Å². The number of carbonyl (C=O) groups is 2. The van der Waals surface area contributed by atoms with Crippen LogP contribution < -0.4 is 4.90 Å². The number of aryl methyl sites for hydroxylation is 1. The summed E-state index contributed by atoms with van der Waals surface area (Å²) in [7, 11) is 3.00. The van der Waals surface area contributed by atoms with E-state index in [-0.39, 0.29) is 24.2 Å². The Hall–Kier alpha value is -2.54. The summed E-state index contributed by atoms with van der Waals surface area (Å²) in [5.74, 6) is -1.05. The Morgan fingerprint density at radius 1 is 1.43 bits per heavy atom. The molecule has 1 aromatic carbocycles. The molecule has 1 aliphatic rings. The minimum atomic E-state index is -0.527. The second-order valence-electron chi connectivity index (χ2n) is 5.71. The zero-order valence-corrected chi connectivity index (χ0v) is 13.2. The van der Waals surface area contributed by atoms with Crippen LogP contribution in [0.2, 0.25) is 0 Å². The highest BCUT2D eigenvalue weighted by atomic mass is 16.5. The Bertz CT molecular complexity index is 824. The van der Waals surface area contributed by atoms with E-state index in [4.69, 9.17) is 4.74 Å². The molecule has 1 aliphatic heterocycles. The lowest BCUT2D eigenvalue weighted by Gasteiger charge is -2.15. The van der Waals surface area contributed by atoms with Crippen LogP contribution in [-0.4, -0.2) is 46.9 Å². The van der Waals surface area contributed by atoms with E-state index < -0.39 is 5.97 Å². The lowest BCUT2D eigenvalue weighted by atomic mass is 9.95. The molecule has 1 aromatic heterocycles. The van der Waals surface area contributed by atoms with Crippen LogP contribution in [0.3, 0.4) is 0 Å². The molecule has 0 fully saturated rings. The van der Waals surface area contributed by atoms with Gasteiger partial charge in [-0.15, -0.1) is 0 Å². The van der Waals surface area contributed by atoms with Crippen molar-refractivity contribution in [2.45, 2.75) is 12.8 Å². The van der Waals surface area contributed by atoms with Crippen LogP contribution in [0.4, 0.5) is 5.69 Å². The Labute approximate surface area is 132 Å². The summed E-state index contributed by atoms with van der Waals surface area (Å²) in [6, 6.07) is 1.51. The molecule has 0 saturated carbocycles. The normalized spacial score (nSPS) is 16.7. The molecule has 0 spiro atoms. The second-order valence-corrected chi connectivity index (χ2v) is 5.71. The number of benzene rings is 1. The molecule has 7 heteroatoms. The molecule has 1 atom stereocenters. The third kappa shape index (κ3) is 2.08. The summed E-state index contributed by atoms with van der Waals surface area (Å²) in [6.45, 7) is 1.58. The SMILES string of the molecule is COC(=O)c1cn(C)c2c(O)cc3c(c12)C(CO)CN3C(C)=O. The fraction of sp³-hybridized carbons (Fsp3) is 0.375. The largest absolute Gasteiger partial charge is 0.506 e. The van der Waals surface area contributed by atoms with Crippen LogP contribution in [0.15, 0.2) is 12.3 Å². The van der Waals surface area contributed by atoms with Crippen LogP contribution in [0.1, 0.15) is 28.8 Å². The maximum Gasteiger partial charge on any atom is 0.340 e. The average molecular weight is 318 g/mol. The van der Waals surface area contributed by atoms with Crippen LogP contribution in [0.25, 0.3) is 10.9 Å². The van der Waals surface area contributed by atoms with Crippen molar-refractivity contribution in [1.82, 2.24) is 4.57 Å². The van der Waals surface area contributed by atoms with Gasteiger partial charge < -0.3 is 24.4 Å². The smallest absolute Gasteiger partial charge is 0.340 e. The molecule has 7 nitrogen and oxygen atoms in total. The van der Waals surface area contributed by atoms with E-state index in [1.807, 2.05) is 0 Å². The summed E-state index contributed by atoms with van der Waals surface area (Å²) >= 11 is 0. The fourth-order valence-electron chi connectivity index (χ4n) is 3.37. The van der Waals surface area contributed by atoms with Crippen molar-refractivity contribution in [3.63, 3.8) is 0 Å². The van der Waals surface area contributed by atoms with E-state index in [2.05, 4.69) is 0 Å². The van der Waals surface area contributed by atoms with E-state index in [0.717, 1.165) is 0 Å². The van der Waals surface area contributed by atoms with Gasteiger partial charge in [0.2, 0.25) is 5.91 Å². The molecular weight excluding hydrogens is 300 g/mol. The fourth-order valence-corrected chi connectivity index (χ4v) is 3.37. The number of amides is 1. The van der Waals surface area contributed by atoms with E-state index in [0.29, 0.717) is 34.3 Å². The number of ether oxygens (including phenoxy) is 1. The number of phenolic OH excluding ortho intramolecular Hbond substituents is 1. The summed E-state index contributed by atoms with van der Waals surface area (Å²) in [4.78, 5) is 25.5. The number of esters is 1. The zero-order valence-electron chi connectivity index (χ0n) is 13.2. The molecule has 0 saturated heterocycles. The van der Waals surface area contributed by atoms with Crippen molar-refractivity contribution < 1.29 is 24.5 Å². The van der Waals surface area contributed by atoms with E-state index in [9.17, 15) is 19.8 Å². The molecule has 122 valence electrons. The average Bonchev–Trinajstić information content (AvgIpc) is 3.04. The van der Waals surface area contributed by atoms with E-state index in [1.54, 1.807) is 17.8 Å². The Morgan fingerprint density at radius 2 is 2.13 bits per heavy atom. The highest BCUT2D eigenvalue weighted by Gasteiger charge is 2.35. The number of aliphatic hydroxyl groups excluding tert-OH is 1. The maximum absolute atomic E-state index is 12.1. The second kappa shape index (κ2) is 5.27. The summed E-state index contributed by atoms with van der Waals surface area (Å²) in [5, 5.41) is 20.6. The maximum atomic E-state index is 12.1. The zero-order chi connectivity index (χ0) is 16.9. The number of phenols is 1. The van der Waals surface area contributed by atoms with Crippen LogP contribution >= 0.6 is 0 Å². The molecular formula is C16H18N2O5. The molecule has 0 radical (unpaired) electrons. The number of hydrogen-bond acceptors (Lipinski definition) is 5. The van der Waals surface area contributed by atoms with Gasteiger partial charge in [0.05, 0.1) is 30.5 Å². The molecule has 0 bridgehead atoms. The molecule has 1 unspecified atom stereocenters. The molecule has 1 amide bonds. The van der Waals surface area contributed by atoms with Crippen LogP contribution in [-0.2, 0) is 16.6 Å². The van der Waals surface area contributed by atoms with Crippen LogP contribution in [0, 0.1) is 0 Å². The Morgan fingerprint density at radius 3 is 2.70 bits per heavy atom. The molecule has 0 aliphatic carbocycles. The quantitative estimate of drug-likeness (QED) is 0.809. The van der Waals surface area contributed by atoms with E-state index >= 15 is 0 Å². The molecule has 3 rings (SSSR count). The molecule has 2 aromatic rings. The lowest BCUT2D eigenvalue weighted by Crippen LogP contribution is -2.27. The summed E-state index contributed by atoms with van der Waals surface area (Å²) < 4.78 is 6.46. The van der Waals surface area contributed by atoms with Gasteiger partial charge in [-0.2, -0.15) is 0 Å². The number of fused-ring (bicyclic) bond motifs is 3. The van der Waals surface area contributed by atoms with Crippen molar-refractivity contribution >= 4 is 28.5 Å². The summed E-state index contributed by atoms with van der Waals surface area (Å²) in [5.41, 5.74) is 2.00. The number of aromatic nitrogens is 1. The van der Waals surface area contributed by atoms with Crippen molar-refractivity contribution in [1.29, 1.82) is 0 Å². The summed E-state index contributed by atoms with van der Waals surface area (Å²) in [6.07, 6.45) is 1.58. The topological polar surface area (TPSA) is 92.0 Å². The van der Waals surface area contributed by atoms with Gasteiger partial charge in [0.1, 0.15) is 5.75 Å². The number of rotatable bonds is 2. The van der Waals surface area contributed by atoms with Gasteiger partial charge in [-0.05, 0) is 5.56 Å². The third-order valence-electron chi connectivity index (χ3n) is 4.35. The van der Waals surface area contributed by atoms with Crippen molar-refractivity contribution in [2.24, 2.45) is 7.05 Å². The van der Waals surface area contributed by atoms with Gasteiger partial charge in [-0.3, -0.25) is 4.79 Å². The van der Waals surface area contributed by atoms with Gasteiger partial charge in [0.15, 0.2) is 0 Å². The minimum Gasteiger partial charge on any atom is -0.506 e. The highest BCUT2D eigenvalue weighted by molar-refractivity contribution is 6.11. The predicted molar refractivity (Wildman–Crippen MR) is 83.8 cm³/mol. The number of aromatic hydroxyl groups is 1. The predicted octanol–water partition coefficient (Wildman–Crippen LogP) is 1.11. The van der Waals surface area contributed by atoms with Gasteiger partial charge >= 0.3 is 5.97 Å². The van der Waals surface area contributed by atoms with Crippen molar-refractivity contribution in [3.8, 4) is 5.75 Å². The van der Waals surface area contributed by atoms with E-state index in [1.165, 1.54) is 25.0 Å². The number of aliphatic hydroxyl groups is 1. The van der Waals surface area contributed by atoms with Gasteiger partial charge in [-0.25, -0.2) is 4.79 Å². The molecule has 2 N–H and O–H groups in total. The molecule has 23 heavy (non-hydrogen) atoms. The first-order chi connectivity index (χ1) is 10.9. The third-order valence-corrected chi connectivity index (χ3v) is 4.35. The van der Waals surface area contributed by atoms with Crippen LogP contribution in [0.5, 0.6) is 5.75 Å². The minimum absolute atomic E-state index is 0.0266. The molecule has 2 heterocycles. The Balaban J connectivity index is 2.42. The first kappa shape index (κ1) is 15.4. The van der Waals surface area contributed by atoms with Gasteiger partial charge in [-0.1, -0.05) is 0 Å². The van der Waals surface area contributed by atoms with Gasteiger partial charge in [0, 0.05) is 44.1 Å². The standard InChI is InChI=1S/C16H18N2O5/c1-8(20)18-5-9(7-19)13-11(18)4-12(21)15-14(13)10(6-17(15)2)16(22)23-3/h4,6,9,19,21H,5,7H2,1-3H3. The monoisotopic (exact) mass is 318 g/mol. The first-order valence-corrected chi connectivity index (χ1v) is 7.22. The van der Waals surface area contributed by atoms with Crippen molar-refractivity contribution in [3.05, 3.63) is 23.4 Å². The highest BCUT2D eigenvalue weighted by Crippen LogP contribution is 2.46. The first-order valence-electron chi connectivity index (χ1n) is 7.22. The number of nitrogens with zero attached hydrogens (tertiary/aromatic N) is 2. The lowest BCUT2D eigenvalue weighted by molar-refractivity contribution is -0.116. The number of anilines is 1. The Kier molecular flexibility index (Phi) is 3.52. The number of carbonyl (C=O) groups excluding carboxylic acids is 2.